The monoisotopic (exact) mass is 312 g/mol. The molecule has 0 N–H and O–H groups in total. The van der Waals surface area contributed by atoms with Crippen LogP contribution in [0.15, 0.2) is 0 Å². The molecule has 0 aromatic carbocycles. The molecule has 0 fully saturated rings. The summed E-state index contributed by atoms with van der Waals surface area (Å²) in [5.74, 6) is -0.132. The van der Waals surface area contributed by atoms with Gasteiger partial charge in [0.15, 0.2) is 0 Å². The second kappa shape index (κ2) is 5.66. The zero-order valence-electron chi connectivity index (χ0n) is 11.7. The van der Waals surface area contributed by atoms with Gasteiger partial charge in [0.05, 0.1) is 18.7 Å². The van der Waals surface area contributed by atoms with Gasteiger partial charge < -0.3 is 4.74 Å². The summed E-state index contributed by atoms with van der Waals surface area (Å²) in [5.41, 5.74) is 4.62. The minimum atomic E-state index is -0.106. The van der Waals surface area contributed by atoms with Crippen molar-refractivity contribution in [3.05, 3.63) is 22.5 Å². The van der Waals surface area contributed by atoms with Crippen molar-refractivity contribution in [2.75, 3.05) is 7.11 Å². The molecule has 3 rings (SSSR count). The number of aromatic nitrogens is 2. The van der Waals surface area contributed by atoms with Crippen LogP contribution >= 0.6 is 23.9 Å². The van der Waals surface area contributed by atoms with Gasteiger partial charge in [-0.15, -0.1) is 12.4 Å². The van der Waals surface area contributed by atoms with Crippen LogP contribution in [0.5, 0.6) is 0 Å². The van der Waals surface area contributed by atoms with E-state index in [1.807, 2.05) is 6.92 Å². The number of hydrogen-bond donors (Lipinski definition) is 0. The van der Waals surface area contributed by atoms with Crippen LogP contribution in [0.2, 0.25) is 0 Å². The Morgan fingerprint density at radius 2 is 2.15 bits per heavy atom. The maximum absolute atomic E-state index is 11.7. The van der Waals surface area contributed by atoms with E-state index in [4.69, 9.17) is 9.72 Å². The highest BCUT2D eigenvalue weighted by Gasteiger charge is 2.28. The number of esters is 1. The van der Waals surface area contributed by atoms with Crippen molar-refractivity contribution in [1.82, 2.24) is 9.36 Å². The molecule has 0 radical (unpaired) electrons. The van der Waals surface area contributed by atoms with E-state index in [2.05, 4.69) is 11.3 Å². The van der Waals surface area contributed by atoms with Crippen LogP contribution < -0.4 is 0 Å². The third kappa shape index (κ3) is 2.29. The minimum Gasteiger partial charge on any atom is -0.469 e. The molecule has 0 saturated carbocycles. The van der Waals surface area contributed by atoms with Crippen molar-refractivity contribution in [3.63, 3.8) is 0 Å². The number of rotatable bonds is 1. The van der Waals surface area contributed by atoms with Crippen molar-refractivity contribution in [2.45, 2.75) is 33.1 Å². The number of carbonyl (C=O) groups excluding carboxylic acids is 1. The molecule has 1 atom stereocenters. The molecule has 4 nitrogen and oxygen atoms in total. The molecule has 0 saturated heterocycles. The van der Waals surface area contributed by atoms with Gasteiger partial charge in [-0.3, -0.25) is 4.79 Å². The van der Waals surface area contributed by atoms with E-state index in [0.717, 1.165) is 40.9 Å². The van der Waals surface area contributed by atoms with Gasteiger partial charge in [-0.1, -0.05) is 0 Å². The van der Waals surface area contributed by atoms with Crippen LogP contribution in [0.25, 0.3) is 10.2 Å². The van der Waals surface area contributed by atoms with Gasteiger partial charge >= 0.3 is 5.97 Å². The molecule has 2 heterocycles. The Kier molecular flexibility index (Phi) is 4.30. The summed E-state index contributed by atoms with van der Waals surface area (Å²) < 4.78 is 9.26. The third-order valence-corrected chi connectivity index (χ3v) is 4.81. The smallest absolute Gasteiger partial charge is 0.309 e. The Morgan fingerprint density at radius 3 is 2.85 bits per heavy atom. The molecular weight excluding hydrogens is 296 g/mol. The van der Waals surface area contributed by atoms with Crippen LogP contribution in [0, 0.1) is 19.8 Å². The average Bonchev–Trinajstić information content (AvgIpc) is 2.79. The van der Waals surface area contributed by atoms with E-state index >= 15 is 0 Å². The fourth-order valence-corrected chi connectivity index (χ4v) is 3.79. The Labute approximate surface area is 128 Å². The minimum absolute atomic E-state index is 0. The molecule has 108 valence electrons. The number of methoxy groups -OCH3 is 1. The summed E-state index contributed by atoms with van der Waals surface area (Å²) in [4.78, 5) is 17.5. The van der Waals surface area contributed by atoms with E-state index in [-0.39, 0.29) is 24.3 Å². The molecule has 0 bridgehead atoms. The van der Waals surface area contributed by atoms with Crippen molar-refractivity contribution in [3.8, 4) is 0 Å². The number of fused-ring (bicyclic) bond motifs is 2. The highest BCUT2D eigenvalue weighted by atomic mass is 35.5. The van der Waals surface area contributed by atoms with Gasteiger partial charge in [0, 0.05) is 11.1 Å². The van der Waals surface area contributed by atoms with Crippen LogP contribution in [0.3, 0.4) is 0 Å². The molecule has 20 heavy (non-hydrogen) atoms. The lowest BCUT2D eigenvalue weighted by molar-refractivity contribution is -0.145. The summed E-state index contributed by atoms with van der Waals surface area (Å²) in [6.45, 7) is 4.13. The second-order valence-electron chi connectivity index (χ2n) is 5.07. The lowest BCUT2D eigenvalue weighted by Gasteiger charge is -2.23. The van der Waals surface area contributed by atoms with Gasteiger partial charge in [0.25, 0.3) is 0 Å². The molecule has 1 aliphatic rings. The van der Waals surface area contributed by atoms with Gasteiger partial charge in [0.1, 0.15) is 4.83 Å². The number of aryl methyl sites for hydroxylation is 3. The molecule has 2 aromatic heterocycles. The quantitative estimate of drug-likeness (QED) is 0.760. The normalized spacial score (nSPS) is 17.4. The molecule has 6 heteroatoms. The highest BCUT2D eigenvalue weighted by Crippen LogP contribution is 2.34. The summed E-state index contributed by atoms with van der Waals surface area (Å²) in [6.07, 6.45) is 2.42. The maximum Gasteiger partial charge on any atom is 0.309 e. The predicted molar refractivity (Wildman–Crippen MR) is 81.7 cm³/mol. The number of carbonyl (C=O) groups is 1. The molecule has 0 amide bonds. The Balaban J connectivity index is 0.00000147. The average molecular weight is 313 g/mol. The van der Waals surface area contributed by atoms with E-state index in [1.54, 1.807) is 0 Å². The van der Waals surface area contributed by atoms with Crippen molar-refractivity contribution < 1.29 is 9.53 Å². The first-order valence-corrected chi connectivity index (χ1v) is 7.21. The summed E-state index contributed by atoms with van der Waals surface area (Å²) in [6, 6.07) is 0. The zero-order valence-corrected chi connectivity index (χ0v) is 13.4. The molecule has 1 aliphatic carbocycles. The Hall–Kier alpha value is -1.20. The van der Waals surface area contributed by atoms with Crippen LogP contribution in [0.4, 0.5) is 0 Å². The molecule has 0 aliphatic heterocycles. The van der Waals surface area contributed by atoms with E-state index in [1.165, 1.54) is 29.8 Å². The molecule has 0 spiro atoms. The first kappa shape index (κ1) is 15.2. The van der Waals surface area contributed by atoms with Crippen molar-refractivity contribution in [2.24, 2.45) is 5.92 Å². The maximum atomic E-state index is 11.7. The first-order valence-electron chi connectivity index (χ1n) is 6.44. The SMILES string of the molecule is COC(=O)C1CCc2nc3snc(C)c3c(C)c2C1.Cl. The third-order valence-electron chi connectivity index (χ3n) is 3.97. The Morgan fingerprint density at radius 1 is 1.40 bits per heavy atom. The van der Waals surface area contributed by atoms with Gasteiger partial charge in [-0.25, -0.2) is 4.98 Å². The number of hydrogen-bond acceptors (Lipinski definition) is 5. The first-order chi connectivity index (χ1) is 9.11. The second-order valence-corrected chi connectivity index (χ2v) is 5.82. The summed E-state index contributed by atoms with van der Waals surface area (Å²) >= 11 is 1.46. The summed E-state index contributed by atoms with van der Waals surface area (Å²) in [5, 5.41) is 1.16. The zero-order chi connectivity index (χ0) is 13.6. The van der Waals surface area contributed by atoms with E-state index < -0.39 is 0 Å². The number of ether oxygens (including phenoxy) is 1. The van der Waals surface area contributed by atoms with Gasteiger partial charge in [-0.2, -0.15) is 4.37 Å². The van der Waals surface area contributed by atoms with Gasteiger partial charge in [0.2, 0.25) is 0 Å². The van der Waals surface area contributed by atoms with Crippen molar-refractivity contribution >= 4 is 40.1 Å². The molecule has 2 aromatic rings. The molecular formula is C14H17ClN2O2S. The van der Waals surface area contributed by atoms with Crippen LogP contribution in [0.1, 0.15) is 28.9 Å². The predicted octanol–water partition coefficient (Wildman–Crippen LogP) is 3.01. The highest BCUT2D eigenvalue weighted by molar-refractivity contribution is 7.13. The van der Waals surface area contributed by atoms with Crippen LogP contribution in [-0.2, 0) is 22.4 Å². The van der Waals surface area contributed by atoms with E-state index in [9.17, 15) is 4.79 Å². The topological polar surface area (TPSA) is 52.1 Å². The van der Waals surface area contributed by atoms with Crippen molar-refractivity contribution in [1.29, 1.82) is 0 Å². The van der Waals surface area contributed by atoms with Gasteiger partial charge in [-0.05, 0) is 55.8 Å². The standard InChI is InChI=1S/C14H16N2O2S.ClH/c1-7-10-6-9(14(17)18-3)4-5-11(10)15-13-12(7)8(2)16-19-13;/h9H,4-6H2,1-3H3;1H. The largest absolute Gasteiger partial charge is 0.469 e. The number of nitrogens with zero attached hydrogens (tertiary/aromatic N) is 2. The number of halogens is 1. The fourth-order valence-electron chi connectivity index (χ4n) is 2.93. The summed E-state index contributed by atoms with van der Waals surface area (Å²) in [7, 11) is 1.46. The number of pyridine rings is 1. The van der Waals surface area contributed by atoms with E-state index in [0.29, 0.717) is 0 Å². The Bertz CT molecular complexity index is 669. The fraction of sp³-hybridized carbons (Fsp3) is 0.500. The molecule has 1 unspecified atom stereocenters. The lowest BCUT2D eigenvalue weighted by Crippen LogP contribution is -2.25. The van der Waals surface area contributed by atoms with Crippen LogP contribution in [-0.4, -0.2) is 22.4 Å². The lowest BCUT2D eigenvalue weighted by atomic mass is 9.84.